The number of hydrogen-bond donors (Lipinski definition) is 2. The van der Waals surface area contributed by atoms with E-state index in [-0.39, 0.29) is 12.1 Å². The van der Waals surface area contributed by atoms with Crippen molar-refractivity contribution in [1.29, 1.82) is 0 Å². The Hall–Kier alpha value is -2.34. The minimum absolute atomic E-state index is 0.105. The summed E-state index contributed by atoms with van der Waals surface area (Å²) in [6, 6.07) is 13.4. The Labute approximate surface area is 144 Å². The average molecular weight is 348 g/mol. The van der Waals surface area contributed by atoms with E-state index in [1.807, 2.05) is 18.2 Å². The molecule has 1 unspecified atom stereocenters. The monoisotopic (exact) mass is 348 g/mol. The molecule has 0 saturated carbocycles. The van der Waals surface area contributed by atoms with Gasteiger partial charge in [-0.15, -0.1) is 0 Å². The molecule has 3 nitrogen and oxygen atoms in total. The molecule has 0 saturated heterocycles. The summed E-state index contributed by atoms with van der Waals surface area (Å²) in [6.45, 7) is 1.83. The number of benzene rings is 2. The molecule has 0 spiro atoms. The number of rotatable bonds is 5. The summed E-state index contributed by atoms with van der Waals surface area (Å²) in [5, 5.41) is 5.83. The highest BCUT2D eigenvalue weighted by atomic mass is 19.4. The normalized spacial score (nSPS) is 14.8. The minimum atomic E-state index is -4.46. The van der Waals surface area contributed by atoms with Gasteiger partial charge in [-0.1, -0.05) is 48.5 Å². The SMILES string of the molecule is O=C(CC(c1ccccc1)C(F)(F)F)NCc1ccc2c(c1)CNC2. The van der Waals surface area contributed by atoms with E-state index in [1.54, 1.807) is 18.2 Å². The molecular formula is C19H19F3N2O. The average Bonchev–Trinajstić information content (AvgIpc) is 3.05. The number of alkyl halides is 3. The predicted octanol–water partition coefficient (Wildman–Crippen LogP) is 3.64. The summed E-state index contributed by atoms with van der Waals surface area (Å²) in [7, 11) is 0. The number of carbonyl (C=O) groups is 1. The molecule has 0 bridgehead atoms. The zero-order valence-corrected chi connectivity index (χ0v) is 13.6. The van der Waals surface area contributed by atoms with Crippen LogP contribution >= 0.6 is 0 Å². The number of carbonyl (C=O) groups excluding carboxylic acids is 1. The zero-order chi connectivity index (χ0) is 17.9. The molecule has 25 heavy (non-hydrogen) atoms. The van der Waals surface area contributed by atoms with Crippen LogP contribution in [0.3, 0.4) is 0 Å². The predicted molar refractivity (Wildman–Crippen MR) is 88.7 cm³/mol. The van der Waals surface area contributed by atoms with Gasteiger partial charge in [0.15, 0.2) is 0 Å². The lowest BCUT2D eigenvalue weighted by Crippen LogP contribution is -2.30. The summed E-state index contributed by atoms with van der Waals surface area (Å²) in [4.78, 5) is 12.1. The van der Waals surface area contributed by atoms with Crippen LogP contribution in [0.4, 0.5) is 13.2 Å². The van der Waals surface area contributed by atoms with Crippen LogP contribution in [-0.2, 0) is 24.4 Å². The maximum absolute atomic E-state index is 13.3. The van der Waals surface area contributed by atoms with Crippen molar-refractivity contribution in [1.82, 2.24) is 10.6 Å². The Morgan fingerprint density at radius 1 is 1.08 bits per heavy atom. The number of nitrogens with one attached hydrogen (secondary N) is 2. The maximum atomic E-state index is 13.3. The standard InChI is InChI=1S/C19H19F3N2O/c20-19(21,22)17(14-4-2-1-3-5-14)9-18(25)24-10-13-6-7-15-11-23-12-16(15)8-13/h1-8,17,23H,9-12H2,(H,24,25). The molecule has 0 aromatic heterocycles. The van der Waals surface area contributed by atoms with E-state index in [2.05, 4.69) is 10.6 Å². The Balaban J connectivity index is 1.62. The molecule has 2 aromatic carbocycles. The van der Waals surface area contributed by atoms with Crippen molar-refractivity contribution >= 4 is 5.91 Å². The van der Waals surface area contributed by atoms with Gasteiger partial charge >= 0.3 is 6.18 Å². The van der Waals surface area contributed by atoms with E-state index in [1.165, 1.54) is 23.3 Å². The topological polar surface area (TPSA) is 41.1 Å². The van der Waals surface area contributed by atoms with Gasteiger partial charge in [0.2, 0.25) is 5.91 Å². The van der Waals surface area contributed by atoms with Crippen LogP contribution in [0.2, 0.25) is 0 Å². The van der Waals surface area contributed by atoms with Gasteiger partial charge in [0.25, 0.3) is 0 Å². The number of halogens is 3. The third-order valence-corrected chi connectivity index (χ3v) is 4.38. The number of fused-ring (bicyclic) bond motifs is 1. The molecule has 0 aliphatic carbocycles. The van der Waals surface area contributed by atoms with Crippen molar-refractivity contribution < 1.29 is 18.0 Å². The van der Waals surface area contributed by atoms with Gasteiger partial charge < -0.3 is 10.6 Å². The van der Waals surface area contributed by atoms with Gasteiger partial charge in [-0.2, -0.15) is 13.2 Å². The second-order valence-electron chi connectivity index (χ2n) is 6.19. The molecule has 6 heteroatoms. The molecule has 0 radical (unpaired) electrons. The summed E-state index contributed by atoms with van der Waals surface area (Å²) in [6.07, 6.45) is -5.07. The second kappa shape index (κ2) is 7.27. The first-order valence-electron chi connectivity index (χ1n) is 8.13. The van der Waals surface area contributed by atoms with E-state index in [4.69, 9.17) is 0 Å². The molecule has 1 heterocycles. The van der Waals surface area contributed by atoms with Crippen molar-refractivity contribution in [2.24, 2.45) is 0 Å². The highest BCUT2D eigenvalue weighted by Gasteiger charge is 2.41. The van der Waals surface area contributed by atoms with Crippen LogP contribution in [0.5, 0.6) is 0 Å². The molecule has 1 aliphatic heterocycles. The van der Waals surface area contributed by atoms with Crippen molar-refractivity contribution in [2.75, 3.05) is 0 Å². The van der Waals surface area contributed by atoms with Crippen LogP contribution in [0.1, 0.15) is 34.6 Å². The first-order chi connectivity index (χ1) is 11.9. The molecule has 1 atom stereocenters. The van der Waals surface area contributed by atoms with Crippen molar-refractivity contribution in [3.63, 3.8) is 0 Å². The zero-order valence-electron chi connectivity index (χ0n) is 13.6. The third-order valence-electron chi connectivity index (χ3n) is 4.38. The third kappa shape index (κ3) is 4.39. The van der Waals surface area contributed by atoms with Gasteiger partial charge in [0.05, 0.1) is 5.92 Å². The lowest BCUT2D eigenvalue weighted by atomic mass is 9.94. The molecule has 1 aliphatic rings. The van der Waals surface area contributed by atoms with Crippen LogP contribution in [0, 0.1) is 0 Å². The van der Waals surface area contributed by atoms with Crippen molar-refractivity contribution in [3.8, 4) is 0 Å². The van der Waals surface area contributed by atoms with E-state index in [0.29, 0.717) is 0 Å². The quantitative estimate of drug-likeness (QED) is 0.866. The Kier molecular flexibility index (Phi) is 5.08. The van der Waals surface area contributed by atoms with E-state index >= 15 is 0 Å². The second-order valence-corrected chi connectivity index (χ2v) is 6.19. The molecular weight excluding hydrogens is 329 g/mol. The van der Waals surface area contributed by atoms with Crippen LogP contribution in [0.15, 0.2) is 48.5 Å². The first kappa shape index (κ1) is 17.5. The highest BCUT2D eigenvalue weighted by molar-refractivity contribution is 5.77. The van der Waals surface area contributed by atoms with Crippen LogP contribution < -0.4 is 10.6 Å². The lowest BCUT2D eigenvalue weighted by Gasteiger charge is -2.20. The van der Waals surface area contributed by atoms with Gasteiger partial charge in [-0.25, -0.2) is 0 Å². The summed E-state index contributed by atoms with van der Waals surface area (Å²) in [5.41, 5.74) is 3.38. The summed E-state index contributed by atoms with van der Waals surface area (Å²) >= 11 is 0. The van der Waals surface area contributed by atoms with Gasteiger partial charge in [-0.3, -0.25) is 4.79 Å². The number of amides is 1. The van der Waals surface area contributed by atoms with Crippen LogP contribution in [0.25, 0.3) is 0 Å². The first-order valence-corrected chi connectivity index (χ1v) is 8.13. The highest BCUT2D eigenvalue weighted by Crippen LogP contribution is 2.37. The molecule has 0 fully saturated rings. The molecule has 2 aromatic rings. The molecule has 2 N–H and O–H groups in total. The maximum Gasteiger partial charge on any atom is 0.396 e. The fourth-order valence-corrected chi connectivity index (χ4v) is 3.02. The van der Waals surface area contributed by atoms with Crippen molar-refractivity contribution in [3.05, 3.63) is 70.8 Å². The smallest absolute Gasteiger partial charge is 0.352 e. The minimum Gasteiger partial charge on any atom is -0.352 e. The summed E-state index contributed by atoms with van der Waals surface area (Å²) < 4.78 is 39.9. The van der Waals surface area contributed by atoms with Gasteiger partial charge in [0.1, 0.15) is 0 Å². The lowest BCUT2D eigenvalue weighted by molar-refractivity contribution is -0.157. The fraction of sp³-hybridized carbons (Fsp3) is 0.316. The number of hydrogen-bond acceptors (Lipinski definition) is 2. The van der Waals surface area contributed by atoms with Gasteiger partial charge in [0, 0.05) is 26.1 Å². The van der Waals surface area contributed by atoms with Gasteiger partial charge in [-0.05, 0) is 22.3 Å². The van der Waals surface area contributed by atoms with Crippen LogP contribution in [-0.4, -0.2) is 12.1 Å². The van der Waals surface area contributed by atoms with E-state index in [9.17, 15) is 18.0 Å². The summed E-state index contributed by atoms with van der Waals surface area (Å²) in [5.74, 6) is -2.40. The molecule has 1 amide bonds. The molecule has 3 rings (SSSR count). The Bertz CT molecular complexity index is 744. The van der Waals surface area contributed by atoms with Crippen molar-refractivity contribution in [2.45, 2.75) is 38.1 Å². The fourth-order valence-electron chi connectivity index (χ4n) is 3.02. The Morgan fingerprint density at radius 3 is 2.52 bits per heavy atom. The Morgan fingerprint density at radius 2 is 1.80 bits per heavy atom. The molecule has 132 valence electrons. The van der Waals surface area contributed by atoms with E-state index < -0.39 is 24.4 Å². The largest absolute Gasteiger partial charge is 0.396 e. The van der Waals surface area contributed by atoms with E-state index in [0.717, 1.165) is 18.7 Å².